The van der Waals surface area contributed by atoms with Crippen LogP contribution in [0.1, 0.15) is 18.1 Å². The molecule has 1 heterocycles. The van der Waals surface area contributed by atoms with E-state index >= 15 is 0 Å². The Balaban J connectivity index is 2.46. The van der Waals surface area contributed by atoms with Crippen molar-refractivity contribution in [2.75, 3.05) is 0 Å². The SMILES string of the molecule is C/C=C\C=C(/N)c1cc(C)cc(-c2ccccn2)c1. The van der Waals surface area contributed by atoms with Gasteiger partial charge in [-0.2, -0.15) is 0 Å². The highest BCUT2D eigenvalue weighted by Gasteiger charge is 2.03. The Bertz CT molecular complexity index is 610. The van der Waals surface area contributed by atoms with Crippen LogP contribution in [0.4, 0.5) is 0 Å². The summed E-state index contributed by atoms with van der Waals surface area (Å²) in [5.74, 6) is 0. The van der Waals surface area contributed by atoms with Crippen LogP contribution in [-0.2, 0) is 0 Å². The van der Waals surface area contributed by atoms with Gasteiger partial charge in [-0.1, -0.05) is 18.2 Å². The third-order valence-electron chi connectivity index (χ3n) is 2.84. The molecule has 2 nitrogen and oxygen atoms in total. The molecule has 1 aromatic carbocycles. The monoisotopic (exact) mass is 250 g/mol. The zero-order chi connectivity index (χ0) is 13.7. The van der Waals surface area contributed by atoms with Crippen LogP contribution in [0.3, 0.4) is 0 Å². The Morgan fingerprint density at radius 2 is 2.05 bits per heavy atom. The van der Waals surface area contributed by atoms with Gasteiger partial charge in [-0.3, -0.25) is 4.98 Å². The third kappa shape index (κ3) is 3.32. The van der Waals surface area contributed by atoms with E-state index in [-0.39, 0.29) is 0 Å². The standard InChI is InChI=1S/C17H18N2/c1-3-4-7-16(18)14-10-13(2)11-15(12-14)17-8-5-6-9-19-17/h3-12H,18H2,1-2H3/b4-3-,16-7-. The number of aromatic nitrogens is 1. The minimum Gasteiger partial charge on any atom is -0.398 e. The maximum atomic E-state index is 6.09. The van der Waals surface area contributed by atoms with Crippen molar-refractivity contribution in [3.63, 3.8) is 0 Å². The first kappa shape index (κ1) is 13.1. The van der Waals surface area contributed by atoms with E-state index in [1.54, 1.807) is 6.20 Å². The number of hydrogen-bond donors (Lipinski definition) is 1. The van der Waals surface area contributed by atoms with Gasteiger partial charge in [0, 0.05) is 17.5 Å². The normalized spacial score (nSPS) is 12.0. The number of nitrogens with zero attached hydrogens (tertiary/aromatic N) is 1. The molecule has 0 aliphatic heterocycles. The van der Waals surface area contributed by atoms with E-state index in [4.69, 9.17) is 5.73 Å². The third-order valence-corrected chi connectivity index (χ3v) is 2.84. The predicted molar refractivity (Wildman–Crippen MR) is 81.4 cm³/mol. The van der Waals surface area contributed by atoms with Gasteiger partial charge in [0.1, 0.15) is 0 Å². The minimum atomic E-state index is 0.763. The van der Waals surface area contributed by atoms with E-state index in [1.165, 1.54) is 5.56 Å². The molecule has 0 saturated carbocycles. The van der Waals surface area contributed by atoms with Crippen LogP contribution in [0.5, 0.6) is 0 Å². The molecular weight excluding hydrogens is 232 g/mol. The molecule has 0 aliphatic carbocycles. The summed E-state index contributed by atoms with van der Waals surface area (Å²) < 4.78 is 0. The smallest absolute Gasteiger partial charge is 0.0702 e. The number of aryl methyl sites for hydroxylation is 1. The minimum absolute atomic E-state index is 0.763. The van der Waals surface area contributed by atoms with Gasteiger partial charge in [-0.15, -0.1) is 0 Å². The highest BCUT2D eigenvalue weighted by atomic mass is 14.7. The summed E-state index contributed by atoms with van der Waals surface area (Å²) in [6.07, 6.45) is 7.62. The quantitative estimate of drug-likeness (QED) is 0.838. The fourth-order valence-electron chi connectivity index (χ4n) is 1.93. The molecule has 0 spiro atoms. The van der Waals surface area contributed by atoms with Crippen molar-refractivity contribution in [2.45, 2.75) is 13.8 Å². The first-order valence-electron chi connectivity index (χ1n) is 6.32. The molecule has 0 fully saturated rings. The van der Waals surface area contributed by atoms with Gasteiger partial charge >= 0.3 is 0 Å². The molecule has 0 radical (unpaired) electrons. The number of allylic oxidation sites excluding steroid dienone is 3. The van der Waals surface area contributed by atoms with E-state index < -0.39 is 0 Å². The molecule has 19 heavy (non-hydrogen) atoms. The molecule has 2 N–H and O–H groups in total. The van der Waals surface area contributed by atoms with Crippen molar-refractivity contribution >= 4 is 5.70 Å². The Kier molecular flexibility index (Phi) is 4.14. The lowest BCUT2D eigenvalue weighted by Gasteiger charge is -2.07. The number of benzene rings is 1. The lowest BCUT2D eigenvalue weighted by molar-refractivity contribution is 1.31. The van der Waals surface area contributed by atoms with Gasteiger partial charge in [-0.05, 0) is 61.4 Å². The average molecular weight is 250 g/mol. The fourth-order valence-corrected chi connectivity index (χ4v) is 1.93. The van der Waals surface area contributed by atoms with E-state index in [0.717, 1.165) is 22.5 Å². The summed E-state index contributed by atoms with van der Waals surface area (Å²) in [6.45, 7) is 4.04. The van der Waals surface area contributed by atoms with Gasteiger partial charge in [0.05, 0.1) is 5.69 Å². The molecule has 2 heteroatoms. The summed E-state index contributed by atoms with van der Waals surface area (Å²) in [5.41, 5.74) is 11.1. The lowest BCUT2D eigenvalue weighted by Crippen LogP contribution is -1.97. The second kappa shape index (κ2) is 6.01. The maximum Gasteiger partial charge on any atom is 0.0702 e. The maximum absolute atomic E-state index is 6.09. The van der Waals surface area contributed by atoms with E-state index in [0.29, 0.717) is 0 Å². The zero-order valence-electron chi connectivity index (χ0n) is 11.3. The Labute approximate surface area is 114 Å². The second-order valence-corrected chi connectivity index (χ2v) is 4.45. The number of nitrogens with two attached hydrogens (primary N) is 1. The predicted octanol–water partition coefficient (Wildman–Crippen LogP) is 3.93. The van der Waals surface area contributed by atoms with Gasteiger partial charge in [0.15, 0.2) is 0 Å². The van der Waals surface area contributed by atoms with Crippen molar-refractivity contribution in [1.82, 2.24) is 4.98 Å². The summed E-state index contributed by atoms with van der Waals surface area (Å²) >= 11 is 0. The molecule has 1 aromatic heterocycles. The highest BCUT2D eigenvalue weighted by molar-refractivity contribution is 5.71. The first-order valence-corrected chi connectivity index (χ1v) is 6.32. The zero-order valence-corrected chi connectivity index (χ0v) is 11.3. The van der Waals surface area contributed by atoms with E-state index in [1.807, 2.05) is 43.4 Å². The van der Waals surface area contributed by atoms with Crippen LogP contribution in [0.25, 0.3) is 17.0 Å². The van der Waals surface area contributed by atoms with Crippen LogP contribution in [0.2, 0.25) is 0 Å². The highest BCUT2D eigenvalue weighted by Crippen LogP contribution is 2.22. The molecule has 0 aliphatic rings. The van der Waals surface area contributed by atoms with Gasteiger partial charge in [0.25, 0.3) is 0 Å². The second-order valence-electron chi connectivity index (χ2n) is 4.45. The molecule has 0 saturated heterocycles. The summed E-state index contributed by atoms with van der Waals surface area (Å²) in [6, 6.07) is 12.2. The van der Waals surface area contributed by atoms with Crippen LogP contribution in [0.15, 0.2) is 60.8 Å². The van der Waals surface area contributed by atoms with Crippen molar-refractivity contribution in [1.29, 1.82) is 0 Å². The fraction of sp³-hybridized carbons (Fsp3) is 0.118. The van der Waals surface area contributed by atoms with Crippen LogP contribution >= 0.6 is 0 Å². The summed E-state index contributed by atoms with van der Waals surface area (Å²) in [5, 5.41) is 0. The van der Waals surface area contributed by atoms with Gasteiger partial charge < -0.3 is 5.73 Å². The Morgan fingerprint density at radius 1 is 1.21 bits per heavy atom. The number of hydrogen-bond acceptors (Lipinski definition) is 2. The van der Waals surface area contributed by atoms with Crippen molar-refractivity contribution < 1.29 is 0 Å². The van der Waals surface area contributed by atoms with Crippen molar-refractivity contribution in [3.05, 3.63) is 72.0 Å². The lowest BCUT2D eigenvalue weighted by atomic mass is 10.0. The average Bonchev–Trinajstić information content (AvgIpc) is 2.45. The molecule has 96 valence electrons. The molecule has 0 bridgehead atoms. The van der Waals surface area contributed by atoms with Crippen LogP contribution < -0.4 is 5.73 Å². The molecule has 2 rings (SSSR count). The van der Waals surface area contributed by atoms with E-state index in [9.17, 15) is 0 Å². The topological polar surface area (TPSA) is 38.9 Å². The number of rotatable bonds is 3. The van der Waals surface area contributed by atoms with Gasteiger partial charge in [0.2, 0.25) is 0 Å². The van der Waals surface area contributed by atoms with E-state index in [2.05, 4.69) is 30.1 Å². The molecule has 0 unspecified atom stereocenters. The first-order chi connectivity index (χ1) is 9.20. The number of pyridine rings is 1. The van der Waals surface area contributed by atoms with Gasteiger partial charge in [-0.25, -0.2) is 0 Å². The van der Waals surface area contributed by atoms with Crippen molar-refractivity contribution in [3.8, 4) is 11.3 Å². The molecular formula is C17H18N2. The van der Waals surface area contributed by atoms with Crippen LogP contribution in [0, 0.1) is 6.92 Å². The van der Waals surface area contributed by atoms with Crippen molar-refractivity contribution in [2.24, 2.45) is 5.73 Å². The largest absolute Gasteiger partial charge is 0.398 e. The Hall–Kier alpha value is -2.35. The molecule has 0 amide bonds. The molecule has 0 atom stereocenters. The summed E-state index contributed by atoms with van der Waals surface area (Å²) in [4.78, 5) is 4.38. The Morgan fingerprint density at radius 3 is 2.74 bits per heavy atom. The van der Waals surface area contributed by atoms with Crippen LogP contribution in [-0.4, -0.2) is 4.98 Å². The molecule has 2 aromatic rings. The summed E-state index contributed by atoms with van der Waals surface area (Å²) in [7, 11) is 0.